The Morgan fingerprint density at radius 2 is 1.93 bits per heavy atom. The third kappa shape index (κ3) is 2.05. The van der Waals surface area contributed by atoms with Gasteiger partial charge >= 0.3 is 0 Å². The molecule has 1 heterocycles. The number of ether oxygens (including phenoxy) is 1. The van der Waals surface area contributed by atoms with E-state index < -0.39 is 0 Å². The number of hydrogen-bond acceptors (Lipinski definition) is 1. The second kappa shape index (κ2) is 4.24. The maximum atomic E-state index is 5.66. The molecule has 0 amide bonds. The Morgan fingerprint density at radius 3 is 2.50 bits per heavy atom. The van der Waals surface area contributed by atoms with E-state index in [1.165, 1.54) is 5.56 Å². The average Bonchev–Trinajstić information content (AvgIpc) is 2.68. The lowest BCUT2D eigenvalue weighted by Gasteiger charge is -2.10. The molecule has 1 aromatic rings. The van der Waals surface area contributed by atoms with Crippen LogP contribution in [0.5, 0.6) is 0 Å². The number of benzene rings is 1. The Balaban J connectivity index is 2.14. The van der Waals surface area contributed by atoms with E-state index in [2.05, 4.69) is 12.1 Å². The summed E-state index contributed by atoms with van der Waals surface area (Å²) < 4.78 is 5.88. The summed E-state index contributed by atoms with van der Waals surface area (Å²) in [6.07, 6.45) is 1.88. The van der Waals surface area contributed by atoms with Crippen molar-refractivity contribution in [3.63, 3.8) is 0 Å². The zero-order chi connectivity index (χ0) is 9.97. The summed E-state index contributed by atoms with van der Waals surface area (Å²) in [4.78, 5) is 0. The van der Waals surface area contributed by atoms with Crippen LogP contribution in [0.25, 0.3) is 0 Å². The van der Waals surface area contributed by atoms with E-state index in [-0.39, 0.29) is 10.6 Å². The fourth-order valence-electron chi connectivity index (χ4n) is 1.59. The van der Waals surface area contributed by atoms with Crippen LogP contribution in [0.2, 0.25) is 0 Å². The van der Waals surface area contributed by atoms with Crippen molar-refractivity contribution in [2.75, 3.05) is 0 Å². The lowest BCUT2D eigenvalue weighted by atomic mass is 10.1. The molecule has 0 saturated carbocycles. The lowest BCUT2D eigenvalue weighted by Crippen LogP contribution is -1.93. The van der Waals surface area contributed by atoms with Crippen molar-refractivity contribution in [1.29, 1.82) is 0 Å². The molecule has 0 aliphatic carbocycles. The van der Waals surface area contributed by atoms with Crippen molar-refractivity contribution in [2.24, 2.45) is 0 Å². The second-order valence-corrected chi connectivity index (χ2v) is 4.19. The minimum atomic E-state index is 0.110. The van der Waals surface area contributed by atoms with Crippen LogP contribution in [0, 0.1) is 0 Å². The standard InChI is InChI=1S/C11H10Cl2O/c12-11(13)10-7-6-9(14-10)8-4-2-1-3-5-8/h1-5,9H,6-7H2/t9-/m1/s1. The highest BCUT2D eigenvalue weighted by atomic mass is 35.5. The molecule has 1 fully saturated rings. The first-order valence-corrected chi connectivity index (χ1v) is 5.28. The number of rotatable bonds is 1. The molecule has 0 radical (unpaired) electrons. The Hall–Kier alpha value is -0.660. The Labute approximate surface area is 93.3 Å². The average molecular weight is 229 g/mol. The SMILES string of the molecule is ClC(Cl)=C1CC[C@H](c2ccccc2)O1. The summed E-state index contributed by atoms with van der Waals surface area (Å²) in [5.41, 5.74) is 1.18. The van der Waals surface area contributed by atoms with Gasteiger partial charge < -0.3 is 4.74 Å². The van der Waals surface area contributed by atoms with Crippen molar-refractivity contribution in [2.45, 2.75) is 18.9 Å². The van der Waals surface area contributed by atoms with Crippen molar-refractivity contribution in [3.05, 3.63) is 46.1 Å². The van der Waals surface area contributed by atoms with Gasteiger partial charge in [-0.05, 0) is 12.0 Å². The van der Waals surface area contributed by atoms with Gasteiger partial charge in [-0.25, -0.2) is 0 Å². The van der Waals surface area contributed by atoms with Crippen molar-refractivity contribution >= 4 is 23.2 Å². The molecular formula is C11H10Cl2O. The summed E-state index contributed by atoms with van der Waals surface area (Å²) in [6, 6.07) is 10.1. The molecule has 1 aliphatic rings. The van der Waals surface area contributed by atoms with E-state index in [1.807, 2.05) is 18.2 Å². The van der Waals surface area contributed by atoms with Crippen LogP contribution in [-0.2, 0) is 4.74 Å². The fraction of sp³-hybridized carbons (Fsp3) is 0.273. The van der Waals surface area contributed by atoms with Crippen LogP contribution in [0.15, 0.2) is 40.6 Å². The van der Waals surface area contributed by atoms with Gasteiger partial charge in [-0.15, -0.1) is 0 Å². The molecule has 0 spiro atoms. The van der Waals surface area contributed by atoms with Crippen LogP contribution >= 0.6 is 23.2 Å². The van der Waals surface area contributed by atoms with Crippen LogP contribution in [0.1, 0.15) is 24.5 Å². The summed E-state index contributed by atoms with van der Waals surface area (Å²) >= 11 is 11.3. The van der Waals surface area contributed by atoms with Crippen LogP contribution in [0.3, 0.4) is 0 Å². The van der Waals surface area contributed by atoms with E-state index in [4.69, 9.17) is 27.9 Å². The van der Waals surface area contributed by atoms with E-state index in [9.17, 15) is 0 Å². The quantitative estimate of drug-likeness (QED) is 0.701. The summed E-state index contributed by atoms with van der Waals surface area (Å²) in [5.74, 6) is 0.710. The van der Waals surface area contributed by atoms with Crippen molar-refractivity contribution in [3.8, 4) is 0 Å². The molecule has 74 valence electrons. The number of allylic oxidation sites excluding steroid dienone is 1. The molecule has 1 atom stereocenters. The first-order chi connectivity index (χ1) is 6.77. The van der Waals surface area contributed by atoms with Gasteiger partial charge in [-0.2, -0.15) is 0 Å². The predicted molar refractivity (Wildman–Crippen MR) is 58.2 cm³/mol. The van der Waals surface area contributed by atoms with Gasteiger partial charge in [0.1, 0.15) is 16.4 Å². The molecule has 0 bridgehead atoms. The number of halogens is 2. The van der Waals surface area contributed by atoms with Crippen LogP contribution in [-0.4, -0.2) is 0 Å². The summed E-state index contributed by atoms with van der Waals surface area (Å²) in [5, 5.41) is 0. The molecule has 1 saturated heterocycles. The smallest absolute Gasteiger partial charge is 0.144 e. The molecule has 0 N–H and O–H groups in total. The maximum Gasteiger partial charge on any atom is 0.144 e. The summed E-state index contributed by atoms with van der Waals surface area (Å²) in [6.45, 7) is 0. The van der Waals surface area contributed by atoms with Crippen LogP contribution < -0.4 is 0 Å². The molecule has 1 nitrogen and oxygen atoms in total. The zero-order valence-corrected chi connectivity index (χ0v) is 9.05. The molecule has 0 aromatic heterocycles. The van der Waals surface area contributed by atoms with Crippen molar-refractivity contribution < 1.29 is 4.74 Å². The lowest BCUT2D eigenvalue weighted by molar-refractivity contribution is 0.163. The van der Waals surface area contributed by atoms with E-state index >= 15 is 0 Å². The Bertz CT molecular complexity index is 342. The Kier molecular flexibility index (Phi) is 2.99. The van der Waals surface area contributed by atoms with Crippen LogP contribution in [0.4, 0.5) is 0 Å². The molecule has 1 aliphatic heterocycles. The molecule has 14 heavy (non-hydrogen) atoms. The largest absolute Gasteiger partial charge is 0.488 e. The van der Waals surface area contributed by atoms with Gasteiger partial charge in [-0.1, -0.05) is 53.5 Å². The van der Waals surface area contributed by atoms with Gasteiger partial charge in [0.15, 0.2) is 0 Å². The first kappa shape index (κ1) is 9.88. The predicted octanol–water partition coefficient (Wildman–Crippen LogP) is 4.18. The highest BCUT2D eigenvalue weighted by Crippen LogP contribution is 2.37. The highest BCUT2D eigenvalue weighted by molar-refractivity contribution is 6.56. The van der Waals surface area contributed by atoms with E-state index in [0.717, 1.165) is 12.8 Å². The monoisotopic (exact) mass is 228 g/mol. The van der Waals surface area contributed by atoms with Gasteiger partial charge in [0.2, 0.25) is 0 Å². The fourth-order valence-corrected chi connectivity index (χ4v) is 1.87. The first-order valence-electron chi connectivity index (χ1n) is 4.53. The third-order valence-corrected chi connectivity index (χ3v) is 2.72. The van der Waals surface area contributed by atoms with Gasteiger partial charge in [0, 0.05) is 6.42 Å². The minimum Gasteiger partial charge on any atom is -0.488 e. The van der Waals surface area contributed by atoms with Gasteiger partial charge in [-0.3, -0.25) is 0 Å². The van der Waals surface area contributed by atoms with Gasteiger partial charge in [0.05, 0.1) is 0 Å². The Morgan fingerprint density at radius 1 is 1.21 bits per heavy atom. The third-order valence-electron chi connectivity index (χ3n) is 2.30. The van der Waals surface area contributed by atoms with Crippen molar-refractivity contribution in [1.82, 2.24) is 0 Å². The molecular weight excluding hydrogens is 219 g/mol. The van der Waals surface area contributed by atoms with Gasteiger partial charge in [0.25, 0.3) is 0 Å². The molecule has 3 heteroatoms. The number of hydrogen-bond donors (Lipinski definition) is 0. The normalized spacial score (nSPS) is 20.7. The molecule has 1 aromatic carbocycles. The zero-order valence-electron chi connectivity index (χ0n) is 7.54. The highest BCUT2D eigenvalue weighted by Gasteiger charge is 2.23. The van der Waals surface area contributed by atoms with E-state index in [0.29, 0.717) is 5.76 Å². The second-order valence-electron chi connectivity index (χ2n) is 3.24. The minimum absolute atomic E-state index is 0.110. The molecule has 2 rings (SSSR count). The summed E-state index contributed by atoms with van der Waals surface area (Å²) in [7, 11) is 0. The molecule has 0 unspecified atom stereocenters. The maximum absolute atomic E-state index is 5.66. The topological polar surface area (TPSA) is 9.23 Å². The van der Waals surface area contributed by atoms with E-state index in [1.54, 1.807) is 0 Å².